The van der Waals surface area contributed by atoms with E-state index in [0.717, 1.165) is 12.8 Å². The standard InChI is InChI=1S/C20H19N3O3S/c24-20(19-13-21-17-10-3-4-11-18(17)23-19)22-14-6-5-9-16(12-14)27(25,26)15-7-1-2-8-15/h3-6,9-13,15H,1-2,7-8H2,(H,22,24). The summed E-state index contributed by atoms with van der Waals surface area (Å²) in [5, 5.41) is 2.40. The maximum atomic E-state index is 12.8. The van der Waals surface area contributed by atoms with E-state index in [0.29, 0.717) is 29.6 Å². The van der Waals surface area contributed by atoms with Crippen molar-refractivity contribution in [3.8, 4) is 0 Å². The fourth-order valence-corrected chi connectivity index (χ4v) is 5.30. The number of rotatable bonds is 4. The first-order chi connectivity index (χ1) is 13.0. The zero-order chi connectivity index (χ0) is 18.9. The summed E-state index contributed by atoms with van der Waals surface area (Å²) in [6, 6.07) is 13.7. The van der Waals surface area contributed by atoms with Crippen molar-refractivity contribution in [3.63, 3.8) is 0 Å². The number of anilines is 1. The molecule has 1 aliphatic rings. The monoisotopic (exact) mass is 381 g/mol. The molecule has 0 saturated heterocycles. The molecule has 1 heterocycles. The molecule has 4 rings (SSSR count). The summed E-state index contributed by atoms with van der Waals surface area (Å²) in [7, 11) is -3.37. The van der Waals surface area contributed by atoms with Crippen LogP contribution in [0.5, 0.6) is 0 Å². The highest BCUT2D eigenvalue weighted by Crippen LogP contribution is 2.30. The van der Waals surface area contributed by atoms with Gasteiger partial charge in [0.05, 0.1) is 27.4 Å². The van der Waals surface area contributed by atoms with Gasteiger partial charge in [0.2, 0.25) is 0 Å². The minimum Gasteiger partial charge on any atom is -0.321 e. The summed E-state index contributed by atoms with van der Waals surface area (Å²) < 4.78 is 25.5. The fraction of sp³-hybridized carbons (Fsp3) is 0.250. The average Bonchev–Trinajstić information content (AvgIpc) is 3.23. The topological polar surface area (TPSA) is 89.0 Å². The number of nitrogens with zero attached hydrogens (tertiary/aromatic N) is 2. The molecule has 1 fully saturated rings. The normalized spacial score (nSPS) is 15.1. The van der Waals surface area contributed by atoms with E-state index < -0.39 is 15.7 Å². The Bertz CT molecular complexity index is 1110. The van der Waals surface area contributed by atoms with Crippen LogP contribution < -0.4 is 5.32 Å². The van der Waals surface area contributed by atoms with E-state index in [9.17, 15) is 13.2 Å². The first kappa shape index (κ1) is 17.6. The Kier molecular flexibility index (Phi) is 4.61. The van der Waals surface area contributed by atoms with Crippen molar-refractivity contribution < 1.29 is 13.2 Å². The van der Waals surface area contributed by atoms with Crippen LogP contribution in [0.4, 0.5) is 5.69 Å². The highest BCUT2D eigenvalue weighted by molar-refractivity contribution is 7.92. The summed E-state index contributed by atoms with van der Waals surface area (Å²) >= 11 is 0. The number of para-hydroxylation sites is 2. The molecule has 1 amide bonds. The van der Waals surface area contributed by atoms with E-state index in [1.54, 1.807) is 24.3 Å². The lowest BCUT2D eigenvalue weighted by atomic mass is 10.3. The van der Waals surface area contributed by atoms with Crippen LogP contribution in [0.25, 0.3) is 11.0 Å². The number of sulfone groups is 1. The maximum absolute atomic E-state index is 12.8. The molecule has 27 heavy (non-hydrogen) atoms. The Morgan fingerprint density at radius 2 is 1.74 bits per heavy atom. The van der Waals surface area contributed by atoms with Crippen LogP contribution in [-0.4, -0.2) is 29.5 Å². The zero-order valence-electron chi connectivity index (χ0n) is 14.6. The predicted molar refractivity (Wildman–Crippen MR) is 103 cm³/mol. The number of aromatic nitrogens is 2. The Hall–Kier alpha value is -2.80. The van der Waals surface area contributed by atoms with Gasteiger partial charge >= 0.3 is 0 Å². The second kappa shape index (κ2) is 7.08. The molecule has 0 atom stereocenters. The number of amides is 1. The smallest absolute Gasteiger partial charge is 0.275 e. The molecule has 0 bridgehead atoms. The lowest BCUT2D eigenvalue weighted by molar-refractivity contribution is 0.102. The van der Waals surface area contributed by atoms with Crippen LogP contribution in [0, 0.1) is 0 Å². The van der Waals surface area contributed by atoms with Crippen molar-refractivity contribution in [2.75, 3.05) is 5.32 Å². The summed E-state index contributed by atoms with van der Waals surface area (Å²) in [5.41, 5.74) is 1.94. The SMILES string of the molecule is O=C(Nc1cccc(S(=O)(=O)C2CCCC2)c1)c1cnc2ccccc2n1. The van der Waals surface area contributed by atoms with Crippen molar-refractivity contribution in [3.05, 3.63) is 60.4 Å². The number of hydrogen-bond donors (Lipinski definition) is 1. The minimum atomic E-state index is -3.37. The van der Waals surface area contributed by atoms with Crippen LogP contribution in [0.3, 0.4) is 0 Å². The van der Waals surface area contributed by atoms with Crippen LogP contribution in [0.1, 0.15) is 36.2 Å². The predicted octanol–water partition coefficient (Wildman–Crippen LogP) is 3.60. The van der Waals surface area contributed by atoms with Crippen LogP contribution in [0.15, 0.2) is 59.6 Å². The second-order valence-electron chi connectivity index (χ2n) is 6.68. The third kappa shape index (κ3) is 3.55. The van der Waals surface area contributed by atoms with Gasteiger partial charge in [0.1, 0.15) is 5.69 Å². The van der Waals surface area contributed by atoms with Gasteiger partial charge in [-0.25, -0.2) is 13.4 Å². The number of nitrogens with one attached hydrogen (secondary N) is 1. The zero-order valence-corrected chi connectivity index (χ0v) is 15.4. The molecule has 1 aromatic heterocycles. The lowest BCUT2D eigenvalue weighted by Crippen LogP contribution is -2.18. The van der Waals surface area contributed by atoms with E-state index in [1.165, 1.54) is 12.3 Å². The summed E-state index contributed by atoms with van der Waals surface area (Å²) in [4.78, 5) is 21.3. The Balaban J connectivity index is 1.57. The molecule has 1 N–H and O–H groups in total. The van der Waals surface area contributed by atoms with Crippen LogP contribution >= 0.6 is 0 Å². The highest BCUT2D eigenvalue weighted by Gasteiger charge is 2.30. The summed E-state index contributed by atoms with van der Waals surface area (Å²) in [6.07, 6.45) is 4.70. The highest BCUT2D eigenvalue weighted by atomic mass is 32.2. The largest absolute Gasteiger partial charge is 0.321 e. The first-order valence-corrected chi connectivity index (χ1v) is 10.5. The molecule has 0 unspecified atom stereocenters. The van der Waals surface area contributed by atoms with Crippen molar-refractivity contribution in [1.82, 2.24) is 9.97 Å². The van der Waals surface area contributed by atoms with Gasteiger partial charge in [-0.15, -0.1) is 0 Å². The van der Waals surface area contributed by atoms with Gasteiger partial charge in [-0.3, -0.25) is 9.78 Å². The number of carbonyl (C=O) groups excluding carboxylic acids is 1. The summed E-state index contributed by atoms with van der Waals surface area (Å²) in [5.74, 6) is -0.427. The molecular weight excluding hydrogens is 362 g/mol. The van der Waals surface area contributed by atoms with Gasteiger partial charge in [0.25, 0.3) is 5.91 Å². The maximum Gasteiger partial charge on any atom is 0.275 e. The number of carbonyl (C=O) groups is 1. The van der Waals surface area contributed by atoms with Crippen molar-refractivity contribution in [2.45, 2.75) is 35.8 Å². The van der Waals surface area contributed by atoms with Gasteiger partial charge in [-0.1, -0.05) is 31.0 Å². The van der Waals surface area contributed by atoms with E-state index in [2.05, 4.69) is 15.3 Å². The van der Waals surface area contributed by atoms with Gasteiger partial charge in [-0.05, 0) is 43.2 Å². The molecule has 7 heteroatoms. The van der Waals surface area contributed by atoms with Gasteiger partial charge in [0.15, 0.2) is 9.84 Å². The molecule has 1 aliphatic carbocycles. The quantitative estimate of drug-likeness (QED) is 0.746. The first-order valence-electron chi connectivity index (χ1n) is 8.91. The molecule has 0 radical (unpaired) electrons. The third-order valence-electron chi connectivity index (χ3n) is 4.84. The van der Waals surface area contributed by atoms with E-state index in [-0.39, 0.29) is 15.8 Å². The number of benzene rings is 2. The molecule has 0 spiro atoms. The molecule has 2 aromatic carbocycles. The van der Waals surface area contributed by atoms with Crippen LogP contribution in [-0.2, 0) is 9.84 Å². The molecule has 138 valence electrons. The third-order valence-corrected chi connectivity index (χ3v) is 7.10. The number of hydrogen-bond acceptors (Lipinski definition) is 5. The minimum absolute atomic E-state index is 0.178. The van der Waals surface area contributed by atoms with Gasteiger partial charge in [0, 0.05) is 5.69 Å². The molecule has 3 aromatic rings. The Morgan fingerprint density at radius 1 is 1.00 bits per heavy atom. The summed E-state index contributed by atoms with van der Waals surface area (Å²) in [6.45, 7) is 0. The number of fused-ring (bicyclic) bond motifs is 1. The fourth-order valence-electron chi connectivity index (χ4n) is 3.40. The van der Waals surface area contributed by atoms with E-state index in [1.807, 2.05) is 18.2 Å². The van der Waals surface area contributed by atoms with Gasteiger partial charge < -0.3 is 5.32 Å². The molecule has 1 saturated carbocycles. The molecule has 0 aliphatic heterocycles. The van der Waals surface area contributed by atoms with Crippen LogP contribution in [0.2, 0.25) is 0 Å². The van der Waals surface area contributed by atoms with Crippen molar-refractivity contribution in [2.24, 2.45) is 0 Å². The second-order valence-corrected chi connectivity index (χ2v) is 8.91. The van der Waals surface area contributed by atoms with Gasteiger partial charge in [-0.2, -0.15) is 0 Å². The Labute approximate surface area is 157 Å². The molecule has 6 nitrogen and oxygen atoms in total. The average molecular weight is 381 g/mol. The van der Waals surface area contributed by atoms with E-state index >= 15 is 0 Å². The Morgan fingerprint density at radius 3 is 2.52 bits per heavy atom. The lowest BCUT2D eigenvalue weighted by Gasteiger charge is -2.12. The van der Waals surface area contributed by atoms with Crippen molar-refractivity contribution in [1.29, 1.82) is 0 Å². The van der Waals surface area contributed by atoms with E-state index in [4.69, 9.17) is 0 Å². The van der Waals surface area contributed by atoms with Crippen molar-refractivity contribution >= 4 is 32.5 Å². The molecular formula is C20H19N3O3S.